The lowest BCUT2D eigenvalue weighted by molar-refractivity contribution is -0.116. The summed E-state index contributed by atoms with van der Waals surface area (Å²) in [5, 5.41) is 3.28. The highest BCUT2D eigenvalue weighted by Crippen LogP contribution is 2.38. The van der Waals surface area contributed by atoms with Crippen LogP contribution in [0.15, 0.2) is 36.4 Å². The van der Waals surface area contributed by atoms with E-state index in [9.17, 15) is 4.79 Å². The first kappa shape index (κ1) is 18.9. The fourth-order valence-electron chi connectivity index (χ4n) is 2.64. The van der Waals surface area contributed by atoms with Gasteiger partial charge in [-0.25, -0.2) is 0 Å². The Morgan fingerprint density at radius 1 is 1.15 bits per heavy atom. The molecule has 0 unspecified atom stereocenters. The highest BCUT2D eigenvalue weighted by molar-refractivity contribution is 6.32. The van der Waals surface area contributed by atoms with Crippen molar-refractivity contribution in [3.8, 4) is 23.0 Å². The van der Waals surface area contributed by atoms with E-state index in [0.717, 1.165) is 11.1 Å². The fourth-order valence-corrected chi connectivity index (χ4v) is 2.91. The van der Waals surface area contributed by atoms with E-state index in [1.807, 2.05) is 12.1 Å². The maximum atomic E-state index is 12.1. The van der Waals surface area contributed by atoms with Crippen LogP contribution in [0.5, 0.6) is 23.0 Å². The second-order valence-corrected chi connectivity index (χ2v) is 6.17. The van der Waals surface area contributed by atoms with Crippen LogP contribution in [0.4, 0.5) is 0 Å². The third-order valence-corrected chi connectivity index (χ3v) is 4.24. The molecule has 1 amide bonds. The molecule has 0 atom stereocenters. The minimum atomic E-state index is -0.226. The van der Waals surface area contributed by atoms with Gasteiger partial charge < -0.3 is 24.3 Å². The van der Waals surface area contributed by atoms with Crippen LogP contribution in [0.1, 0.15) is 11.1 Å². The van der Waals surface area contributed by atoms with Crippen LogP contribution in [0.25, 0.3) is 6.08 Å². The van der Waals surface area contributed by atoms with Gasteiger partial charge in [-0.3, -0.25) is 4.79 Å². The van der Waals surface area contributed by atoms with Gasteiger partial charge in [0.1, 0.15) is 13.2 Å². The molecule has 3 rings (SSSR count). The van der Waals surface area contributed by atoms with Crippen LogP contribution in [-0.2, 0) is 11.3 Å². The Morgan fingerprint density at radius 2 is 1.93 bits per heavy atom. The predicted molar refractivity (Wildman–Crippen MR) is 103 cm³/mol. The summed E-state index contributed by atoms with van der Waals surface area (Å²) in [6, 6.07) is 9.01. The average Bonchev–Trinajstić information content (AvgIpc) is 2.70. The van der Waals surface area contributed by atoms with Crippen molar-refractivity contribution in [2.45, 2.75) is 6.54 Å². The molecule has 0 radical (unpaired) electrons. The van der Waals surface area contributed by atoms with Crippen molar-refractivity contribution in [1.82, 2.24) is 5.32 Å². The zero-order valence-corrected chi connectivity index (χ0v) is 15.8. The molecule has 0 bridgehead atoms. The molecule has 142 valence electrons. The van der Waals surface area contributed by atoms with Gasteiger partial charge in [0.25, 0.3) is 0 Å². The molecule has 6 nitrogen and oxygen atoms in total. The van der Waals surface area contributed by atoms with E-state index < -0.39 is 0 Å². The van der Waals surface area contributed by atoms with Crippen LogP contribution < -0.4 is 24.3 Å². The summed E-state index contributed by atoms with van der Waals surface area (Å²) in [5.41, 5.74) is 1.65. The SMILES string of the molecule is COc1ccc(CNC(=O)/C=C/c2cc(Cl)c3c(c2)OCCO3)cc1OC. The maximum absolute atomic E-state index is 12.1. The van der Waals surface area contributed by atoms with Gasteiger partial charge >= 0.3 is 0 Å². The Labute approximate surface area is 162 Å². The van der Waals surface area contributed by atoms with E-state index in [2.05, 4.69) is 5.32 Å². The molecule has 2 aromatic carbocycles. The molecule has 1 heterocycles. The number of nitrogens with one attached hydrogen (secondary N) is 1. The van der Waals surface area contributed by atoms with Crippen LogP contribution in [0.2, 0.25) is 5.02 Å². The minimum Gasteiger partial charge on any atom is -0.493 e. The van der Waals surface area contributed by atoms with E-state index in [1.54, 1.807) is 38.5 Å². The standard InChI is InChI=1S/C20H20ClNO5/c1-24-16-5-3-14(11-17(16)25-2)12-22-19(23)6-4-13-9-15(21)20-18(10-13)26-7-8-27-20/h3-6,9-11H,7-8,12H2,1-2H3,(H,22,23)/b6-4+. The van der Waals surface area contributed by atoms with E-state index in [0.29, 0.717) is 47.8 Å². The summed E-state index contributed by atoms with van der Waals surface area (Å²) in [6.07, 6.45) is 3.12. The van der Waals surface area contributed by atoms with Gasteiger partial charge in [0.2, 0.25) is 5.91 Å². The molecule has 0 spiro atoms. The van der Waals surface area contributed by atoms with Crippen molar-refractivity contribution in [1.29, 1.82) is 0 Å². The molecule has 0 saturated heterocycles. The zero-order valence-electron chi connectivity index (χ0n) is 15.1. The molecule has 0 fully saturated rings. The highest BCUT2D eigenvalue weighted by atomic mass is 35.5. The molecular formula is C20H20ClNO5. The molecule has 27 heavy (non-hydrogen) atoms. The number of rotatable bonds is 6. The summed E-state index contributed by atoms with van der Waals surface area (Å²) in [4.78, 5) is 12.1. The lowest BCUT2D eigenvalue weighted by atomic mass is 10.1. The number of hydrogen-bond donors (Lipinski definition) is 1. The first-order valence-electron chi connectivity index (χ1n) is 8.36. The largest absolute Gasteiger partial charge is 0.493 e. The maximum Gasteiger partial charge on any atom is 0.244 e. The molecule has 0 saturated carbocycles. The van der Waals surface area contributed by atoms with E-state index >= 15 is 0 Å². The number of methoxy groups -OCH3 is 2. The minimum absolute atomic E-state index is 0.226. The molecule has 2 aromatic rings. The van der Waals surface area contributed by atoms with E-state index in [4.69, 9.17) is 30.5 Å². The van der Waals surface area contributed by atoms with Crippen molar-refractivity contribution >= 4 is 23.6 Å². The monoisotopic (exact) mass is 389 g/mol. The third kappa shape index (κ3) is 4.65. The number of hydrogen-bond acceptors (Lipinski definition) is 5. The van der Waals surface area contributed by atoms with Gasteiger partial charge in [0.15, 0.2) is 23.0 Å². The fraction of sp³-hybridized carbons (Fsp3) is 0.250. The Morgan fingerprint density at radius 3 is 2.70 bits per heavy atom. The van der Waals surface area contributed by atoms with Crippen molar-refractivity contribution in [2.24, 2.45) is 0 Å². The van der Waals surface area contributed by atoms with Gasteiger partial charge in [-0.2, -0.15) is 0 Å². The lowest BCUT2D eigenvalue weighted by Gasteiger charge is -2.19. The van der Waals surface area contributed by atoms with Crippen molar-refractivity contribution in [2.75, 3.05) is 27.4 Å². The Bertz CT molecular complexity index is 866. The quantitative estimate of drug-likeness (QED) is 0.766. The number of ether oxygens (including phenoxy) is 4. The number of benzene rings is 2. The lowest BCUT2D eigenvalue weighted by Crippen LogP contribution is -2.20. The Balaban J connectivity index is 1.62. The van der Waals surface area contributed by atoms with Gasteiger partial charge in [-0.1, -0.05) is 17.7 Å². The van der Waals surface area contributed by atoms with Gasteiger partial charge in [0.05, 0.1) is 19.2 Å². The smallest absolute Gasteiger partial charge is 0.244 e. The normalized spacial score (nSPS) is 12.7. The molecule has 1 N–H and O–H groups in total. The summed E-state index contributed by atoms with van der Waals surface area (Å²) >= 11 is 6.20. The van der Waals surface area contributed by atoms with Crippen LogP contribution >= 0.6 is 11.6 Å². The van der Waals surface area contributed by atoms with Gasteiger partial charge in [-0.05, 0) is 41.5 Å². The number of fused-ring (bicyclic) bond motifs is 1. The van der Waals surface area contributed by atoms with Gasteiger partial charge in [-0.15, -0.1) is 0 Å². The molecule has 0 aliphatic carbocycles. The second kappa shape index (κ2) is 8.68. The number of amides is 1. The van der Waals surface area contributed by atoms with Crippen LogP contribution in [-0.4, -0.2) is 33.3 Å². The zero-order chi connectivity index (χ0) is 19.2. The van der Waals surface area contributed by atoms with E-state index in [1.165, 1.54) is 6.08 Å². The molecule has 1 aliphatic heterocycles. The topological polar surface area (TPSA) is 66.0 Å². The number of carbonyl (C=O) groups is 1. The average molecular weight is 390 g/mol. The Hall–Kier alpha value is -2.86. The predicted octanol–water partition coefficient (Wildman–Crippen LogP) is 3.46. The van der Waals surface area contributed by atoms with Crippen LogP contribution in [0, 0.1) is 0 Å². The van der Waals surface area contributed by atoms with Crippen molar-refractivity contribution in [3.05, 3.63) is 52.6 Å². The summed E-state index contributed by atoms with van der Waals surface area (Å²) in [7, 11) is 3.15. The molecular weight excluding hydrogens is 370 g/mol. The first-order chi connectivity index (χ1) is 13.1. The number of halogens is 1. The van der Waals surface area contributed by atoms with Crippen molar-refractivity contribution in [3.63, 3.8) is 0 Å². The van der Waals surface area contributed by atoms with Crippen LogP contribution in [0.3, 0.4) is 0 Å². The summed E-state index contributed by atoms with van der Waals surface area (Å²) in [5.74, 6) is 2.15. The third-order valence-electron chi connectivity index (χ3n) is 3.96. The molecule has 0 aromatic heterocycles. The summed E-state index contributed by atoms with van der Waals surface area (Å²) in [6.45, 7) is 1.31. The Kier molecular flexibility index (Phi) is 6.08. The second-order valence-electron chi connectivity index (χ2n) is 5.77. The highest BCUT2D eigenvalue weighted by Gasteiger charge is 2.16. The van der Waals surface area contributed by atoms with E-state index in [-0.39, 0.29) is 5.91 Å². The van der Waals surface area contributed by atoms with Gasteiger partial charge in [0, 0.05) is 12.6 Å². The van der Waals surface area contributed by atoms with Crippen molar-refractivity contribution < 1.29 is 23.7 Å². The first-order valence-corrected chi connectivity index (χ1v) is 8.74. The number of carbonyl (C=O) groups excluding carboxylic acids is 1. The molecule has 7 heteroatoms. The summed E-state index contributed by atoms with van der Waals surface area (Å²) < 4.78 is 21.5. The molecule has 1 aliphatic rings.